The monoisotopic (exact) mass is 277 g/mol. The van der Waals surface area contributed by atoms with Crippen molar-refractivity contribution in [3.8, 4) is 5.75 Å². The predicted octanol–water partition coefficient (Wildman–Crippen LogP) is 1.62. The highest BCUT2D eigenvalue weighted by Gasteiger charge is 2.33. The molecule has 0 aromatic heterocycles. The van der Waals surface area contributed by atoms with Gasteiger partial charge in [-0.3, -0.25) is 20.2 Å². The van der Waals surface area contributed by atoms with Gasteiger partial charge in [-0.15, -0.1) is 0 Å². The smallest absolute Gasteiger partial charge is 0.291 e. The van der Waals surface area contributed by atoms with Crippen molar-refractivity contribution in [2.75, 3.05) is 7.11 Å². The Labute approximate surface area is 113 Å². The lowest BCUT2D eigenvalue weighted by Gasteiger charge is -2.19. The molecular weight excluding hydrogens is 266 g/mol. The van der Waals surface area contributed by atoms with Gasteiger partial charge in [0, 0.05) is 5.56 Å². The summed E-state index contributed by atoms with van der Waals surface area (Å²) in [5.74, 6) is 0.468. The summed E-state index contributed by atoms with van der Waals surface area (Å²) in [6.07, 6.45) is 2.09. The minimum absolute atomic E-state index is 0.302. The molecule has 0 amide bonds. The highest BCUT2D eigenvalue weighted by atomic mass is 16.6. The third kappa shape index (κ3) is 2.44. The average molecular weight is 277 g/mol. The van der Waals surface area contributed by atoms with Crippen LogP contribution in [0.15, 0.2) is 47.9 Å². The third-order valence-corrected chi connectivity index (χ3v) is 2.86. The van der Waals surface area contributed by atoms with Crippen molar-refractivity contribution in [2.24, 2.45) is 0 Å². The van der Waals surface area contributed by atoms with E-state index in [4.69, 9.17) is 4.74 Å². The molecule has 8 heteroatoms. The van der Waals surface area contributed by atoms with Gasteiger partial charge in [0.15, 0.2) is 0 Å². The first kappa shape index (κ1) is 13.5. The molecule has 0 radical (unpaired) electrons. The van der Waals surface area contributed by atoms with Gasteiger partial charge in [-0.05, 0) is 6.07 Å². The van der Waals surface area contributed by atoms with Crippen molar-refractivity contribution >= 4 is 0 Å². The van der Waals surface area contributed by atoms with Gasteiger partial charge < -0.3 is 10.1 Å². The average Bonchev–Trinajstić information content (AvgIpc) is 2.46. The molecule has 1 aromatic rings. The van der Waals surface area contributed by atoms with E-state index in [1.54, 1.807) is 24.3 Å². The van der Waals surface area contributed by atoms with Crippen LogP contribution in [0.3, 0.4) is 0 Å². The van der Waals surface area contributed by atoms with E-state index in [0.29, 0.717) is 11.3 Å². The Morgan fingerprint density at radius 3 is 2.50 bits per heavy atom. The number of hydrogen-bond donors (Lipinski definition) is 1. The second-order valence-electron chi connectivity index (χ2n) is 3.99. The maximum absolute atomic E-state index is 11.1. The summed E-state index contributed by atoms with van der Waals surface area (Å²) in [4.78, 5) is 20.5. The minimum atomic E-state index is -0.801. The number of rotatable bonds is 4. The van der Waals surface area contributed by atoms with E-state index in [0.717, 1.165) is 12.3 Å². The largest absolute Gasteiger partial charge is 0.496 e. The van der Waals surface area contributed by atoms with Crippen LogP contribution in [-0.2, 0) is 0 Å². The van der Waals surface area contributed by atoms with Gasteiger partial charge >= 0.3 is 0 Å². The van der Waals surface area contributed by atoms with Crippen LogP contribution in [-0.4, -0.2) is 17.0 Å². The normalized spacial score (nSPS) is 17.6. The summed E-state index contributed by atoms with van der Waals surface area (Å²) >= 11 is 0. The fourth-order valence-electron chi connectivity index (χ4n) is 1.95. The van der Waals surface area contributed by atoms with Crippen molar-refractivity contribution in [3.05, 3.63) is 73.7 Å². The van der Waals surface area contributed by atoms with Gasteiger partial charge in [0.25, 0.3) is 11.4 Å². The van der Waals surface area contributed by atoms with Crippen LogP contribution in [0.5, 0.6) is 5.75 Å². The molecule has 1 N–H and O–H groups in total. The van der Waals surface area contributed by atoms with Crippen LogP contribution in [0.25, 0.3) is 0 Å². The molecule has 0 saturated heterocycles. The number of nitrogens with one attached hydrogen (secondary N) is 1. The zero-order chi connectivity index (χ0) is 14.7. The lowest BCUT2D eigenvalue weighted by atomic mass is 10.0. The molecule has 0 aliphatic carbocycles. The highest BCUT2D eigenvalue weighted by molar-refractivity contribution is 5.41. The molecule has 0 unspecified atom stereocenters. The number of dihydropyridines is 1. The SMILES string of the molecule is COc1ccccc1[C@H]1NC=C([N+](=O)[O-])C=C1[N+](=O)[O-]. The van der Waals surface area contributed by atoms with Crippen LogP contribution in [0.1, 0.15) is 11.6 Å². The molecule has 2 rings (SSSR count). The molecule has 1 aliphatic rings. The molecule has 1 atom stereocenters. The number of methoxy groups -OCH3 is 1. The lowest BCUT2D eigenvalue weighted by Crippen LogP contribution is -2.27. The Hall–Kier alpha value is -2.90. The van der Waals surface area contributed by atoms with Gasteiger partial charge in [0.2, 0.25) is 0 Å². The molecule has 20 heavy (non-hydrogen) atoms. The van der Waals surface area contributed by atoms with Crippen LogP contribution in [0.4, 0.5) is 0 Å². The summed E-state index contributed by atoms with van der Waals surface area (Å²) in [5.41, 5.74) is -0.122. The molecule has 0 spiro atoms. The Kier molecular flexibility index (Phi) is 3.65. The minimum Gasteiger partial charge on any atom is -0.496 e. The lowest BCUT2D eigenvalue weighted by molar-refractivity contribution is -0.441. The van der Waals surface area contributed by atoms with Crippen molar-refractivity contribution in [1.82, 2.24) is 5.32 Å². The van der Waals surface area contributed by atoms with Crippen LogP contribution in [0, 0.1) is 20.2 Å². The van der Waals surface area contributed by atoms with E-state index in [2.05, 4.69) is 5.32 Å². The first-order valence-electron chi connectivity index (χ1n) is 5.64. The van der Waals surface area contributed by atoms with Gasteiger partial charge in [0.1, 0.15) is 11.8 Å². The molecule has 0 saturated carbocycles. The van der Waals surface area contributed by atoms with Crippen molar-refractivity contribution < 1.29 is 14.6 Å². The van der Waals surface area contributed by atoms with E-state index in [9.17, 15) is 20.2 Å². The zero-order valence-corrected chi connectivity index (χ0v) is 10.5. The Balaban J connectivity index is 2.46. The molecular formula is C12H11N3O5. The maximum atomic E-state index is 11.1. The number of ether oxygens (including phenoxy) is 1. The summed E-state index contributed by atoms with van der Waals surface area (Å²) in [7, 11) is 1.45. The standard InChI is InChI=1S/C12H11N3O5/c1-20-11-5-3-2-4-9(11)12-10(15(18)19)6-8(7-13-12)14(16)17/h2-7,12-13H,1H3/t12-/m1/s1. The topological polar surface area (TPSA) is 108 Å². The van der Waals surface area contributed by atoms with Gasteiger partial charge in [-0.25, -0.2) is 0 Å². The first-order valence-corrected chi connectivity index (χ1v) is 5.64. The van der Waals surface area contributed by atoms with Crippen LogP contribution >= 0.6 is 0 Å². The second kappa shape index (κ2) is 5.39. The maximum Gasteiger partial charge on any atom is 0.291 e. The number of hydrogen-bond acceptors (Lipinski definition) is 6. The predicted molar refractivity (Wildman–Crippen MR) is 69.0 cm³/mol. The molecule has 0 fully saturated rings. The molecule has 8 nitrogen and oxygen atoms in total. The summed E-state index contributed by atoms with van der Waals surface area (Å²) in [6.45, 7) is 0. The van der Waals surface area contributed by atoms with Crippen LogP contribution < -0.4 is 10.1 Å². The molecule has 1 aliphatic heterocycles. The Morgan fingerprint density at radius 1 is 1.20 bits per heavy atom. The van der Waals surface area contributed by atoms with Gasteiger partial charge in [-0.2, -0.15) is 0 Å². The molecule has 104 valence electrons. The van der Waals surface area contributed by atoms with Crippen molar-refractivity contribution in [1.29, 1.82) is 0 Å². The van der Waals surface area contributed by atoms with Crippen molar-refractivity contribution in [2.45, 2.75) is 6.04 Å². The molecule has 0 bridgehead atoms. The van der Waals surface area contributed by atoms with Crippen LogP contribution in [0.2, 0.25) is 0 Å². The van der Waals surface area contributed by atoms with E-state index in [1.807, 2.05) is 0 Å². The van der Waals surface area contributed by atoms with Gasteiger partial charge in [0.05, 0.1) is 29.2 Å². The third-order valence-electron chi connectivity index (χ3n) is 2.86. The summed E-state index contributed by atoms with van der Waals surface area (Å²) in [5, 5.41) is 24.5. The first-order chi connectivity index (χ1) is 9.54. The fourth-order valence-corrected chi connectivity index (χ4v) is 1.95. The molecule has 1 heterocycles. The number of para-hydroxylation sites is 1. The quantitative estimate of drug-likeness (QED) is 0.661. The number of nitro groups is 2. The number of benzene rings is 1. The highest BCUT2D eigenvalue weighted by Crippen LogP contribution is 2.32. The second-order valence-corrected chi connectivity index (χ2v) is 3.99. The van der Waals surface area contributed by atoms with Gasteiger partial charge in [-0.1, -0.05) is 18.2 Å². The Morgan fingerprint density at radius 2 is 1.90 bits per heavy atom. The zero-order valence-electron chi connectivity index (χ0n) is 10.5. The van der Waals surface area contributed by atoms with E-state index in [-0.39, 0.29) is 11.4 Å². The van der Waals surface area contributed by atoms with E-state index < -0.39 is 15.9 Å². The summed E-state index contributed by atoms with van der Waals surface area (Å²) < 4.78 is 5.16. The van der Waals surface area contributed by atoms with Crippen molar-refractivity contribution in [3.63, 3.8) is 0 Å². The summed E-state index contributed by atoms with van der Waals surface area (Å²) in [6, 6.07) is 5.98. The molecule has 1 aromatic carbocycles. The number of allylic oxidation sites excluding steroid dienone is 1. The number of nitrogens with zero attached hydrogens (tertiary/aromatic N) is 2. The van der Waals surface area contributed by atoms with E-state index >= 15 is 0 Å². The van der Waals surface area contributed by atoms with E-state index in [1.165, 1.54) is 7.11 Å². The fraction of sp³-hybridized carbons (Fsp3) is 0.167. The Bertz CT molecular complexity index is 623.